The van der Waals surface area contributed by atoms with Gasteiger partial charge in [0.15, 0.2) is 0 Å². The number of hydrogen-bond acceptors (Lipinski definition) is 3. The fourth-order valence-corrected chi connectivity index (χ4v) is 2.79. The van der Waals surface area contributed by atoms with Gasteiger partial charge in [0.05, 0.1) is 11.2 Å². The number of hydrazone groups is 1. The van der Waals surface area contributed by atoms with Crippen LogP contribution in [0.5, 0.6) is 5.75 Å². The van der Waals surface area contributed by atoms with Crippen LogP contribution in [0, 0.1) is 19.7 Å². The molecule has 3 aromatic carbocycles. The smallest absolute Gasteiger partial charge is 0.271 e. The molecular weight excluding hydrogens is 391 g/mol. The molecule has 4 nitrogen and oxygen atoms in total. The number of nitrogens with zero attached hydrogens (tertiary/aromatic N) is 1. The van der Waals surface area contributed by atoms with Crippen LogP contribution in [0.25, 0.3) is 0 Å². The van der Waals surface area contributed by atoms with Crippen molar-refractivity contribution in [3.8, 4) is 5.75 Å². The number of rotatable bonds is 6. The van der Waals surface area contributed by atoms with E-state index in [1.165, 1.54) is 29.5 Å². The number of ether oxygens (including phenoxy) is 1. The molecule has 0 saturated carbocycles. The van der Waals surface area contributed by atoms with E-state index in [0.29, 0.717) is 12.2 Å². The molecule has 0 heterocycles. The minimum atomic E-state index is -0.511. The highest BCUT2D eigenvalue weighted by atomic mass is 35.5. The number of amides is 1. The Morgan fingerprint density at radius 1 is 1.10 bits per heavy atom. The molecule has 0 aliphatic heterocycles. The summed E-state index contributed by atoms with van der Waals surface area (Å²) >= 11 is 5.91. The molecule has 1 N–H and O–H groups in total. The van der Waals surface area contributed by atoms with Crippen LogP contribution in [0.3, 0.4) is 0 Å². The Hall–Kier alpha value is -3.18. The molecular formula is C23H20ClFN2O2. The number of hydrogen-bond donors (Lipinski definition) is 1. The van der Waals surface area contributed by atoms with Crippen molar-refractivity contribution in [3.63, 3.8) is 0 Å². The van der Waals surface area contributed by atoms with E-state index in [4.69, 9.17) is 16.3 Å². The van der Waals surface area contributed by atoms with Crippen molar-refractivity contribution in [3.05, 3.63) is 99.3 Å². The number of halogens is 2. The summed E-state index contributed by atoms with van der Waals surface area (Å²) < 4.78 is 19.5. The Bertz CT molecular complexity index is 1030. The predicted molar refractivity (Wildman–Crippen MR) is 113 cm³/mol. The first-order chi connectivity index (χ1) is 13.9. The Balaban J connectivity index is 1.57. The van der Waals surface area contributed by atoms with Crippen molar-refractivity contribution in [2.24, 2.45) is 5.10 Å². The van der Waals surface area contributed by atoms with Crippen molar-refractivity contribution in [1.82, 2.24) is 5.43 Å². The third kappa shape index (κ3) is 5.42. The maximum Gasteiger partial charge on any atom is 0.271 e. The average molecular weight is 411 g/mol. The van der Waals surface area contributed by atoms with Crippen LogP contribution in [0.4, 0.5) is 4.39 Å². The summed E-state index contributed by atoms with van der Waals surface area (Å²) in [6, 6.07) is 17.3. The highest BCUT2D eigenvalue weighted by Crippen LogP contribution is 2.18. The Kier molecular flexibility index (Phi) is 6.62. The fraction of sp³-hybridized carbons (Fsp3) is 0.130. The number of nitrogens with one attached hydrogen (secondary N) is 1. The molecule has 0 fully saturated rings. The first-order valence-corrected chi connectivity index (χ1v) is 9.38. The van der Waals surface area contributed by atoms with Crippen molar-refractivity contribution < 1.29 is 13.9 Å². The van der Waals surface area contributed by atoms with Gasteiger partial charge in [-0.1, -0.05) is 35.9 Å². The second kappa shape index (κ2) is 9.34. The summed E-state index contributed by atoms with van der Waals surface area (Å²) in [6.07, 6.45) is 1.18. The van der Waals surface area contributed by atoms with Gasteiger partial charge in [0, 0.05) is 11.1 Å². The summed E-state index contributed by atoms with van der Waals surface area (Å²) in [5.74, 6) is -0.116. The zero-order valence-corrected chi connectivity index (χ0v) is 16.8. The van der Waals surface area contributed by atoms with Crippen LogP contribution in [-0.2, 0) is 6.61 Å². The van der Waals surface area contributed by atoms with Gasteiger partial charge in [-0.05, 0) is 66.9 Å². The normalized spacial score (nSPS) is 10.9. The van der Waals surface area contributed by atoms with Gasteiger partial charge in [-0.3, -0.25) is 4.79 Å². The van der Waals surface area contributed by atoms with Crippen LogP contribution in [0.1, 0.15) is 32.6 Å². The van der Waals surface area contributed by atoms with E-state index in [2.05, 4.69) is 17.5 Å². The van der Waals surface area contributed by atoms with E-state index in [0.717, 1.165) is 11.3 Å². The summed E-state index contributed by atoms with van der Waals surface area (Å²) in [5, 5.41) is 4.00. The molecule has 6 heteroatoms. The molecule has 148 valence electrons. The Labute approximate surface area is 174 Å². The first-order valence-electron chi connectivity index (χ1n) is 9.00. The molecule has 0 bridgehead atoms. The van der Waals surface area contributed by atoms with Gasteiger partial charge in [0.2, 0.25) is 0 Å². The molecule has 0 aromatic heterocycles. The predicted octanol–water partition coefficient (Wildman–Crippen LogP) is 5.44. The SMILES string of the molecule is Cc1ccc(OCc2ccc(C(=O)N/N=C/c3c(F)cccc3Cl)cc2)cc1C. The lowest BCUT2D eigenvalue weighted by Crippen LogP contribution is -2.17. The second-order valence-electron chi connectivity index (χ2n) is 6.57. The van der Waals surface area contributed by atoms with E-state index in [1.807, 2.05) is 37.3 Å². The molecule has 0 unspecified atom stereocenters. The van der Waals surface area contributed by atoms with Gasteiger partial charge in [0.1, 0.15) is 18.2 Å². The molecule has 0 aliphatic rings. The maximum atomic E-state index is 13.7. The third-order valence-corrected chi connectivity index (χ3v) is 4.79. The fourth-order valence-electron chi connectivity index (χ4n) is 2.58. The summed E-state index contributed by atoms with van der Waals surface area (Å²) in [4.78, 5) is 12.2. The van der Waals surface area contributed by atoms with Gasteiger partial charge in [-0.15, -0.1) is 0 Å². The van der Waals surface area contributed by atoms with E-state index < -0.39 is 11.7 Å². The summed E-state index contributed by atoms with van der Waals surface area (Å²) in [6.45, 7) is 4.49. The first kappa shape index (κ1) is 20.6. The average Bonchev–Trinajstić information content (AvgIpc) is 2.71. The minimum Gasteiger partial charge on any atom is -0.489 e. The van der Waals surface area contributed by atoms with Gasteiger partial charge in [-0.25, -0.2) is 9.82 Å². The van der Waals surface area contributed by atoms with Crippen LogP contribution >= 0.6 is 11.6 Å². The third-order valence-electron chi connectivity index (χ3n) is 4.46. The lowest BCUT2D eigenvalue weighted by atomic mass is 10.1. The van der Waals surface area contributed by atoms with Crippen molar-refractivity contribution in [2.45, 2.75) is 20.5 Å². The molecule has 0 saturated heterocycles. The summed E-state index contributed by atoms with van der Waals surface area (Å²) in [7, 11) is 0. The molecule has 3 aromatic rings. The minimum absolute atomic E-state index is 0.119. The summed E-state index contributed by atoms with van der Waals surface area (Å²) in [5.41, 5.74) is 6.23. The molecule has 29 heavy (non-hydrogen) atoms. The number of carbonyl (C=O) groups is 1. The largest absolute Gasteiger partial charge is 0.489 e. The van der Waals surface area contributed by atoms with Crippen LogP contribution in [0.2, 0.25) is 5.02 Å². The Morgan fingerprint density at radius 2 is 1.86 bits per heavy atom. The maximum absolute atomic E-state index is 13.7. The molecule has 0 atom stereocenters. The van der Waals surface area contributed by atoms with Gasteiger partial charge in [-0.2, -0.15) is 5.10 Å². The number of aryl methyl sites for hydroxylation is 2. The molecule has 3 rings (SSSR count). The van der Waals surface area contributed by atoms with E-state index in [9.17, 15) is 9.18 Å². The van der Waals surface area contributed by atoms with Crippen LogP contribution in [0.15, 0.2) is 65.8 Å². The standard InChI is InChI=1S/C23H20ClFN2O2/c1-15-6-11-19(12-16(15)2)29-14-17-7-9-18(10-8-17)23(28)27-26-13-20-21(24)4-3-5-22(20)25/h3-13H,14H2,1-2H3,(H,27,28)/b26-13+. The highest BCUT2D eigenvalue weighted by Gasteiger charge is 2.07. The Morgan fingerprint density at radius 3 is 2.55 bits per heavy atom. The zero-order valence-electron chi connectivity index (χ0n) is 16.1. The lowest BCUT2D eigenvalue weighted by Gasteiger charge is -2.09. The van der Waals surface area contributed by atoms with E-state index in [-0.39, 0.29) is 10.6 Å². The van der Waals surface area contributed by atoms with Gasteiger partial charge >= 0.3 is 0 Å². The second-order valence-corrected chi connectivity index (χ2v) is 6.97. The highest BCUT2D eigenvalue weighted by molar-refractivity contribution is 6.33. The monoisotopic (exact) mass is 410 g/mol. The number of carbonyl (C=O) groups excluding carboxylic acids is 1. The van der Waals surface area contributed by atoms with Crippen molar-refractivity contribution >= 4 is 23.7 Å². The van der Waals surface area contributed by atoms with Gasteiger partial charge < -0.3 is 4.74 Å². The van der Waals surface area contributed by atoms with Crippen LogP contribution < -0.4 is 10.2 Å². The van der Waals surface area contributed by atoms with E-state index >= 15 is 0 Å². The topological polar surface area (TPSA) is 50.7 Å². The zero-order chi connectivity index (χ0) is 20.8. The quantitative estimate of drug-likeness (QED) is 0.434. The van der Waals surface area contributed by atoms with Crippen molar-refractivity contribution in [2.75, 3.05) is 0 Å². The molecule has 0 aliphatic carbocycles. The van der Waals surface area contributed by atoms with E-state index in [1.54, 1.807) is 18.2 Å². The lowest BCUT2D eigenvalue weighted by molar-refractivity contribution is 0.0955. The molecule has 0 spiro atoms. The molecule has 1 amide bonds. The van der Waals surface area contributed by atoms with Gasteiger partial charge in [0.25, 0.3) is 5.91 Å². The number of benzene rings is 3. The van der Waals surface area contributed by atoms with Crippen molar-refractivity contribution in [1.29, 1.82) is 0 Å². The van der Waals surface area contributed by atoms with Crippen LogP contribution in [-0.4, -0.2) is 12.1 Å². The molecule has 0 radical (unpaired) electrons.